The number of aliphatic hydroxyl groups is 1. The van der Waals surface area contributed by atoms with Gasteiger partial charge in [-0.05, 0) is 62.0 Å². The maximum Gasteiger partial charge on any atom is 0.244 e. The molecular weight excluding hydrogens is 338 g/mol. The first kappa shape index (κ1) is 16.6. The summed E-state index contributed by atoms with van der Waals surface area (Å²) in [6.07, 6.45) is 2.52. The summed E-state index contributed by atoms with van der Waals surface area (Å²) in [5.74, 6) is -0.213. The van der Waals surface area contributed by atoms with Crippen molar-refractivity contribution in [1.82, 2.24) is 5.32 Å². The Hall–Kier alpha value is -2.21. The number of aliphatic hydroxyl groups excluding tert-OH is 1. The first-order chi connectivity index (χ1) is 11.7. The van der Waals surface area contributed by atoms with E-state index in [0.29, 0.717) is 0 Å². The van der Waals surface area contributed by atoms with Crippen molar-refractivity contribution in [3.8, 4) is 11.1 Å². The van der Waals surface area contributed by atoms with Gasteiger partial charge in [-0.15, -0.1) is 0 Å². The summed E-state index contributed by atoms with van der Waals surface area (Å²) in [5, 5.41) is 21.0. The fourth-order valence-electron chi connectivity index (χ4n) is 2.24. The number of carbonyl (C=O) groups is 1. The van der Waals surface area contributed by atoms with Gasteiger partial charge in [-0.1, -0.05) is 24.3 Å². The van der Waals surface area contributed by atoms with Crippen LogP contribution in [0.25, 0.3) is 17.2 Å². The number of hydrogen-bond acceptors (Lipinski definition) is 4. The maximum absolute atomic E-state index is 11.8. The first-order valence-corrected chi connectivity index (χ1v) is 9.39. The molecule has 1 atom stereocenters. The topological polar surface area (TPSA) is 49.3 Å². The fourth-order valence-corrected chi connectivity index (χ4v) is 3.54. The molecule has 0 saturated heterocycles. The highest BCUT2D eigenvalue weighted by Gasteiger charge is 2.09. The van der Waals surface area contributed by atoms with Gasteiger partial charge in [-0.25, -0.2) is 0 Å². The molecule has 0 spiro atoms. The zero-order valence-electron chi connectivity index (χ0n) is 12.9. The van der Waals surface area contributed by atoms with Crippen LogP contribution < -0.4 is 5.32 Å². The molecule has 0 saturated carbocycles. The highest BCUT2D eigenvalue weighted by atomic mass is 32.1. The minimum Gasteiger partial charge on any atom is -0.387 e. The quantitative estimate of drug-likeness (QED) is 0.646. The largest absolute Gasteiger partial charge is 0.387 e. The van der Waals surface area contributed by atoms with Gasteiger partial charge in [0.05, 0.1) is 6.10 Å². The van der Waals surface area contributed by atoms with Crippen molar-refractivity contribution in [2.45, 2.75) is 6.10 Å². The molecule has 24 heavy (non-hydrogen) atoms. The normalized spacial score (nSPS) is 12.4. The predicted octanol–water partition coefficient (Wildman–Crippen LogP) is 4.34. The van der Waals surface area contributed by atoms with Gasteiger partial charge < -0.3 is 10.4 Å². The molecule has 2 heterocycles. The van der Waals surface area contributed by atoms with Gasteiger partial charge >= 0.3 is 0 Å². The summed E-state index contributed by atoms with van der Waals surface area (Å²) in [5.41, 5.74) is 4.08. The van der Waals surface area contributed by atoms with Crippen LogP contribution in [0.5, 0.6) is 0 Å². The Morgan fingerprint density at radius 3 is 2.46 bits per heavy atom. The third-order valence-electron chi connectivity index (χ3n) is 3.59. The second-order valence-electron chi connectivity index (χ2n) is 5.28. The van der Waals surface area contributed by atoms with Crippen LogP contribution in [0.15, 0.2) is 64.0 Å². The lowest BCUT2D eigenvalue weighted by atomic mass is 10.0. The van der Waals surface area contributed by atoms with Crippen molar-refractivity contribution in [3.05, 3.63) is 75.1 Å². The van der Waals surface area contributed by atoms with Crippen LogP contribution in [0.4, 0.5) is 0 Å². The predicted molar refractivity (Wildman–Crippen MR) is 101 cm³/mol. The lowest BCUT2D eigenvalue weighted by Gasteiger charge is -2.12. The standard InChI is InChI=1S/C19H17NO2S2/c21-18(11-20-19(22)6-1-14-7-9-23-12-14)16-4-2-15(3-5-16)17-8-10-24-13-17/h1-10,12-13,18,21H,11H2,(H,20,22)/b6-1+. The fraction of sp³-hybridized carbons (Fsp3) is 0.105. The van der Waals surface area contributed by atoms with Crippen LogP contribution in [0.3, 0.4) is 0 Å². The molecule has 0 aliphatic carbocycles. The zero-order chi connectivity index (χ0) is 16.8. The molecule has 3 rings (SSSR count). The molecule has 5 heteroatoms. The molecule has 0 bridgehead atoms. The highest BCUT2D eigenvalue weighted by molar-refractivity contribution is 7.08. The van der Waals surface area contributed by atoms with E-state index in [2.05, 4.69) is 16.8 Å². The van der Waals surface area contributed by atoms with Crippen molar-refractivity contribution in [1.29, 1.82) is 0 Å². The molecule has 1 amide bonds. The number of benzene rings is 1. The molecule has 2 aromatic heterocycles. The summed E-state index contributed by atoms with van der Waals surface area (Å²) in [7, 11) is 0. The minimum atomic E-state index is -0.722. The van der Waals surface area contributed by atoms with Crippen molar-refractivity contribution >= 4 is 34.7 Å². The van der Waals surface area contributed by atoms with Crippen LogP contribution in [0.1, 0.15) is 17.2 Å². The van der Waals surface area contributed by atoms with E-state index < -0.39 is 6.10 Å². The molecule has 1 aromatic carbocycles. The molecule has 3 aromatic rings. The van der Waals surface area contributed by atoms with Crippen LogP contribution in [-0.2, 0) is 4.79 Å². The Balaban J connectivity index is 1.53. The number of nitrogens with one attached hydrogen (secondary N) is 1. The molecule has 0 aliphatic rings. The van der Waals surface area contributed by atoms with Gasteiger partial charge in [0.2, 0.25) is 5.91 Å². The van der Waals surface area contributed by atoms with E-state index in [1.807, 2.05) is 46.5 Å². The Morgan fingerprint density at radius 1 is 1.04 bits per heavy atom. The van der Waals surface area contributed by atoms with E-state index in [4.69, 9.17) is 0 Å². The molecule has 0 radical (unpaired) electrons. The number of thiophene rings is 2. The van der Waals surface area contributed by atoms with E-state index in [-0.39, 0.29) is 12.5 Å². The zero-order valence-corrected chi connectivity index (χ0v) is 14.5. The van der Waals surface area contributed by atoms with Crippen LogP contribution in [0, 0.1) is 0 Å². The lowest BCUT2D eigenvalue weighted by molar-refractivity contribution is -0.116. The average Bonchev–Trinajstić information content (AvgIpc) is 3.31. The molecule has 2 N–H and O–H groups in total. The van der Waals surface area contributed by atoms with Gasteiger partial charge in [0.25, 0.3) is 0 Å². The van der Waals surface area contributed by atoms with E-state index in [1.54, 1.807) is 28.7 Å². The number of carbonyl (C=O) groups excluding carboxylic acids is 1. The van der Waals surface area contributed by atoms with Gasteiger partial charge in [-0.2, -0.15) is 22.7 Å². The molecule has 1 unspecified atom stereocenters. The van der Waals surface area contributed by atoms with Gasteiger partial charge in [-0.3, -0.25) is 4.79 Å². The summed E-state index contributed by atoms with van der Waals surface area (Å²) < 4.78 is 0. The van der Waals surface area contributed by atoms with E-state index >= 15 is 0 Å². The van der Waals surface area contributed by atoms with Crippen LogP contribution in [-0.4, -0.2) is 17.6 Å². The lowest BCUT2D eigenvalue weighted by Crippen LogP contribution is -2.26. The molecule has 0 aliphatic heterocycles. The number of rotatable bonds is 6. The van der Waals surface area contributed by atoms with Crippen LogP contribution in [0.2, 0.25) is 0 Å². The third kappa shape index (κ3) is 4.41. The number of amides is 1. The smallest absolute Gasteiger partial charge is 0.244 e. The Labute approximate surface area is 148 Å². The maximum atomic E-state index is 11.8. The summed E-state index contributed by atoms with van der Waals surface area (Å²) in [4.78, 5) is 11.8. The van der Waals surface area contributed by atoms with E-state index in [9.17, 15) is 9.90 Å². The Morgan fingerprint density at radius 2 is 1.79 bits per heavy atom. The monoisotopic (exact) mass is 355 g/mol. The van der Waals surface area contributed by atoms with Crippen molar-refractivity contribution < 1.29 is 9.90 Å². The summed E-state index contributed by atoms with van der Waals surface area (Å²) in [6.45, 7) is 0.185. The van der Waals surface area contributed by atoms with Gasteiger partial charge in [0.15, 0.2) is 0 Å². The van der Waals surface area contributed by atoms with Crippen LogP contribution >= 0.6 is 22.7 Å². The van der Waals surface area contributed by atoms with Crippen molar-refractivity contribution in [2.75, 3.05) is 6.54 Å². The van der Waals surface area contributed by atoms with Gasteiger partial charge in [0, 0.05) is 12.6 Å². The number of hydrogen-bond donors (Lipinski definition) is 2. The Bertz CT molecular complexity index is 791. The average molecular weight is 355 g/mol. The van der Waals surface area contributed by atoms with E-state index in [1.165, 1.54) is 11.6 Å². The summed E-state index contributed by atoms with van der Waals surface area (Å²) in [6, 6.07) is 11.8. The Kier molecular flexibility index (Phi) is 5.59. The SMILES string of the molecule is O=C(/C=C/c1ccsc1)NCC(O)c1ccc(-c2ccsc2)cc1. The summed E-state index contributed by atoms with van der Waals surface area (Å²) >= 11 is 3.24. The molecule has 0 fully saturated rings. The molecular formula is C19H17NO2S2. The van der Waals surface area contributed by atoms with Crippen molar-refractivity contribution in [2.24, 2.45) is 0 Å². The minimum absolute atomic E-state index is 0.185. The molecule has 122 valence electrons. The van der Waals surface area contributed by atoms with E-state index in [0.717, 1.165) is 16.7 Å². The second-order valence-corrected chi connectivity index (χ2v) is 6.85. The highest BCUT2D eigenvalue weighted by Crippen LogP contribution is 2.23. The van der Waals surface area contributed by atoms with Gasteiger partial charge in [0.1, 0.15) is 0 Å². The third-order valence-corrected chi connectivity index (χ3v) is 4.97. The van der Waals surface area contributed by atoms with Crippen molar-refractivity contribution in [3.63, 3.8) is 0 Å². The first-order valence-electron chi connectivity index (χ1n) is 7.51. The second kappa shape index (κ2) is 8.06. The molecule has 3 nitrogen and oxygen atoms in total.